The Kier molecular flexibility index (Phi) is 4.20. The molecule has 0 spiro atoms. The van der Waals surface area contributed by atoms with Gasteiger partial charge in [0.05, 0.1) is 23.2 Å². The van der Waals surface area contributed by atoms with E-state index in [1.54, 1.807) is 12.1 Å². The first-order valence-corrected chi connectivity index (χ1v) is 7.27. The number of aldehydes is 1. The molecule has 2 aromatic rings. The van der Waals surface area contributed by atoms with E-state index in [9.17, 15) is 14.0 Å². The Bertz CT molecular complexity index is 841. The Morgan fingerprint density at radius 1 is 1.38 bits per heavy atom. The van der Waals surface area contributed by atoms with Crippen molar-refractivity contribution >= 4 is 18.0 Å². The van der Waals surface area contributed by atoms with Gasteiger partial charge in [-0.3, -0.25) is 9.59 Å². The van der Waals surface area contributed by atoms with Crippen LogP contribution >= 0.6 is 0 Å². The molecular weight excluding hydrogens is 311 g/mol. The Balaban J connectivity index is 1.63. The van der Waals surface area contributed by atoms with Gasteiger partial charge in [-0.2, -0.15) is 5.26 Å². The number of rotatable bonds is 4. The SMILES string of the molecule is N#Cc1ccnc(NC2CN(C(=O)c3cc(C=O)ccc3F)C2)c1. The summed E-state index contributed by atoms with van der Waals surface area (Å²) in [4.78, 5) is 28.7. The molecule has 1 N–H and O–H groups in total. The van der Waals surface area contributed by atoms with Gasteiger partial charge >= 0.3 is 0 Å². The zero-order valence-electron chi connectivity index (χ0n) is 12.6. The van der Waals surface area contributed by atoms with Gasteiger partial charge in [-0.25, -0.2) is 9.37 Å². The summed E-state index contributed by atoms with van der Waals surface area (Å²) in [6, 6.07) is 8.93. The number of benzene rings is 1. The smallest absolute Gasteiger partial charge is 0.256 e. The normalized spacial score (nSPS) is 13.8. The maximum Gasteiger partial charge on any atom is 0.256 e. The lowest BCUT2D eigenvalue weighted by atomic mass is 10.0. The standard InChI is InChI=1S/C17H13FN4O2/c18-15-2-1-12(10-23)5-14(15)17(24)22-8-13(9-22)21-16-6-11(7-19)3-4-20-16/h1-6,10,13H,8-9H2,(H,20,21). The number of pyridine rings is 1. The average molecular weight is 324 g/mol. The Morgan fingerprint density at radius 2 is 2.17 bits per heavy atom. The van der Waals surface area contributed by atoms with Crippen LogP contribution in [0.1, 0.15) is 26.3 Å². The molecule has 1 aliphatic rings. The number of nitriles is 1. The van der Waals surface area contributed by atoms with E-state index in [2.05, 4.69) is 10.3 Å². The lowest BCUT2D eigenvalue weighted by molar-refractivity contribution is 0.0620. The fourth-order valence-electron chi connectivity index (χ4n) is 2.47. The van der Waals surface area contributed by atoms with Crippen LogP contribution in [0.25, 0.3) is 0 Å². The molecule has 2 heterocycles. The molecule has 0 aliphatic carbocycles. The fraction of sp³-hybridized carbons (Fsp3) is 0.176. The van der Waals surface area contributed by atoms with Gasteiger partial charge in [0.15, 0.2) is 0 Å². The third-order valence-corrected chi connectivity index (χ3v) is 3.77. The minimum Gasteiger partial charge on any atom is -0.364 e. The number of hydrogen-bond acceptors (Lipinski definition) is 5. The summed E-state index contributed by atoms with van der Waals surface area (Å²) in [7, 11) is 0. The minimum atomic E-state index is -0.648. The molecule has 3 rings (SSSR count). The number of halogens is 1. The minimum absolute atomic E-state index is 0.0206. The van der Waals surface area contributed by atoms with Crippen molar-refractivity contribution in [3.8, 4) is 6.07 Å². The van der Waals surface area contributed by atoms with Crippen LogP contribution < -0.4 is 5.32 Å². The Morgan fingerprint density at radius 3 is 2.88 bits per heavy atom. The maximum atomic E-state index is 13.8. The zero-order chi connectivity index (χ0) is 17.1. The summed E-state index contributed by atoms with van der Waals surface area (Å²) in [5.41, 5.74) is 0.641. The molecule has 1 aromatic heterocycles. The lowest BCUT2D eigenvalue weighted by Crippen LogP contribution is -2.57. The van der Waals surface area contributed by atoms with Crippen LogP contribution in [0.3, 0.4) is 0 Å². The molecule has 6 nitrogen and oxygen atoms in total. The number of amides is 1. The molecule has 0 radical (unpaired) electrons. The van der Waals surface area contributed by atoms with E-state index in [0.29, 0.717) is 30.8 Å². The summed E-state index contributed by atoms with van der Waals surface area (Å²) in [6.45, 7) is 0.782. The van der Waals surface area contributed by atoms with E-state index >= 15 is 0 Å². The molecule has 0 atom stereocenters. The zero-order valence-corrected chi connectivity index (χ0v) is 12.6. The second kappa shape index (κ2) is 6.46. The van der Waals surface area contributed by atoms with Crippen molar-refractivity contribution in [3.63, 3.8) is 0 Å². The van der Waals surface area contributed by atoms with Crippen LogP contribution in [-0.2, 0) is 0 Å². The number of likely N-dealkylation sites (tertiary alicyclic amines) is 1. The van der Waals surface area contributed by atoms with Crippen molar-refractivity contribution in [1.82, 2.24) is 9.88 Å². The third kappa shape index (κ3) is 3.08. The van der Waals surface area contributed by atoms with Gasteiger partial charge in [0.2, 0.25) is 0 Å². The molecule has 24 heavy (non-hydrogen) atoms. The highest BCUT2D eigenvalue weighted by Crippen LogP contribution is 2.19. The van der Waals surface area contributed by atoms with Crippen LogP contribution in [0, 0.1) is 17.1 Å². The van der Waals surface area contributed by atoms with Crippen molar-refractivity contribution in [2.45, 2.75) is 6.04 Å². The van der Waals surface area contributed by atoms with E-state index in [4.69, 9.17) is 5.26 Å². The van der Waals surface area contributed by atoms with E-state index in [0.717, 1.165) is 6.07 Å². The Hall–Kier alpha value is -3.27. The molecule has 1 aliphatic heterocycles. The highest BCUT2D eigenvalue weighted by atomic mass is 19.1. The highest BCUT2D eigenvalue weighted by molar-refractivity contribution is 5.96. The molecule has 0 unspecified atom stereocenters. The van der Waals surface area contributed by atoms with Gasteiger partial charge in [0.25, 0.3) is 5.91 Å². The van der Waals surface area contributed by atoms with Gasteiger partial charge in [-0.1, -0.05) is 0 Å². The molecule has 1 amide bonds. The molecular formula is C17H13FN4O2. The topological polar surface area (TPSA) is 86.1 Å². The number of nitrogens with one attached hydrogen (secondary N) is 1. The number of nitrogens with zero attached hydrogens (tertiary/aromatic N) is 3. The van der Waals surface area contributed by atoms with Crippen molar-refractivity contribution < 1.29 is 14.0 Å². The molecule has 1 saturated heterocycles. The molecule has 7 heteroatoms. The number of hydrogen-bond donors (Lipinski definition) is 1. The second-order valence-corrected chi connectivity index (χ2v) is 5.45. The van der Waals surface area contributed by atoms with Crippen molar-refractivity contribution in [2.24, 2.45) is 0 Å². The predicted octanol–water partition coefficient (Wildman–Crippen LogP) is 1.84. The van der Waals surface area contributed by atoms with Gasteiger partial charge in [0.1, 0.15) is 17.9 Å². The van der Waals surface area contributed by atoms with Gasteiger partial charge < -0.3 is 10.2 Å². The number of aromatic nitrogens is 1. The summed E-state index contributed by atoms with van der Waals surface area (Å²) >= 11 is 0. The quantitative estimate of drug-likeness (QED) is 0.867. The van der Waals surface area contributed by atoms with Crippen LogP contribution in [0.2, 0.25) is 0 Å². The second-order valence-electron chi connectivity index (χ2n) is 5.45. The Labute approximate surface area is 137 Å². The largest absolute Gasteiger partial charge is 0.364 e. The number of anilines is 1. The van der Waals surface area contributed by atoms with E-state index in [-0.39, 0.29) is 17.2 Å². The van der Waals surface area contributed by atoms with Crippen LogP contribution in [0.15, 0.2) is 36.5 Å². The van der Waals surface area contributed by atoms with Gasteiger partial charge in [-0.05, 0) is 30.3 Å². The lowest BCUT2D eigenvalue weighted by Gasteiger charge is -2.39. The molecule has 0 bridgehead atoms. The van der Waals surface area contributed by atoms with Crippen molar-refractivity contribution in [2.75, 3.05) is 18.4 Å². The molecule has 120 valence electrons. The molecule has 1 aromatic carbocycles. The van der Waals surface area contributed by atoms with Gasteiger partial charge in [0, 0.05) is 24.8 Å². The number of carbonyl (C=O) groups is 2. The van der Waals surface area contributed by atoms with Crippen molar-refractivity contribution in [3.05, 3.63) is 59.0 Å². The fourth-order valence-corrected chi connectivity index (χ4v) is 2.47. The van der Waals surface area contributed by atoms with Crippen molar-refractivity contribution in [1.29, 1.82) is 5.26 Å². The first-order valence-electron chi connectivity index (χ1n) is 7.27. The monoisotopic (exact) mass is 324 g/mol. The summed E-state index contributed by atoms with van der Waals surface area (Å²) in [5, 5.41) is 12.0. The highest BCUT2D eigenvalue weighted by Gasteiger charge is 2.32. The van der Waals surface area contributed by atoms with E-state index in [1.165, 1.54) is 23.2 Å². The van der Waals surface area contributed by atoms with Gasteiger partial charge in [-0.15, -0.1) is 0 Å². The van der Waals surface area contributed by atoms with E-state index in [1.807, 2.05) is 6.07 Å². The molecule has 0 saturated carbocycles. The molecule has 1 fully saturated rings. The van der Waals surface area contributed by atoms with Crippen LogP contribution in [0.4, 0.5) is 10.2 Å². The summed E-state index contributed by atoms with van der Waals surface area (Å²) in [5.74, 6) is -0.543. The summed E-state index contributed by atoms with van der Waals surface area (Å²) < 4.78 is 13.8. The first kappa shape index (κ1) is 15.6. The average Bonchev–Trinajstić information content (AvgIpc) is 2.58. The van der Waals surface area contributed by atoms with Crippen LogP contribution in [0.5, 0.6) is 0 Å². The van der Waals surface area contributed by atoms with Crippen LogP contribution in [-0.4, -0.2) is 41.2 Å². The maximum absolute atomic E-state index is 13.8. The number of carbonyl (C=O) groups excluding carboxylic acids is 2. The predicted molar refractivity (Wildman–Crippen MR) is 84.1 cm³/mol. The first-order chi connectivity index (χ1) is 11.6. The third-order valence-electron chi connectivity index (χ3n) is 3.77. The summed E-state index contributed by atoms with van der Waals surface area (Å²) in [6.07, 6.45) is 2.10. The van der Waals surface area contributed by atoms with E-state index < -0.39 is 11.7 Å².